The highest BCUT2D eigenvalue weighted by Crippen LogP contribution is 2.51. The molecule has 2 N–H and O–H groups in total. The number of ether oxygens (including phenoxy) is 1. The van der Waals surface area contributed by atoms with Crippen molar-refractivity contribution in [1.82, 2.24) is 0 Å². The number of rotatable bonds is 1. The summed E-state index contributed by atoms with van der Waals surface area (Å²) in [5, 5.41) is 19.8. The Morgan fingerprint density at radius 3 is 2.50 bits per heavy atom. The van der Waals surface area contributed by atoms with Gasteiger partial charge in [0.15, 0.2) is 0 Å². The molecular weight excluding hydrogens is 232 g/mol. The highest BCUT2D eigenvalue weighted by molar-refractivity contribution is 5.80. The molecule has 1 aliphatic carbocycles. The number of hydrogen-bond donors (Lipinski definition) is 2. The van der Waals surface area contributed by atoms with Crippen LogP contribution < -0.4 is 0 Å². The number of carboxylic acid groups (broad SMARTS) is 1. The van der Waals surface area contributed by atoms with Gasteiger partial charge in [0.25, 0.3) is 0 Å². The molecule has 0 saturated carbocycles. The number of aliphatic hydroxyl groups is 1. The Kier molecular flexibility index (Phi) is 2.92. The van der Waals surface area contributed by atoms with Gasteiger partial charge >= 0.3 is 5.97 Å². The van der Waals surface area contributed by atoms with E-state index in [-0.39, 0.29) is 17.8 Å². The first-order valence-corrected chi connectivity index (χ1v) is 6.31. The number of carboxylic acids is 1. The quantitative estimate of drug-likeness (QED) is 0.752. The van der Waals surface area contributed by atoms with E-state index in [4.69, 9.17) is 4.74 Å². The number of aliphatic carboxylic acids is 1. The molecule has 0 aromatic heterocycles. The number of aliphatic hydroxyl groups excluding tert-OH is 1. The van der Waals surface area contributed by atoms with Gasteiger partial charge in [-0.3, -0.25) is 4.79 Å². The molecule has 4 nitrogen and oxygen atoms in total. The van der Waals surface area contributed by atoms with Crippen molar-refractivity contribution in [3.05, 3.63) is 22.7 Å². The van der Waals surface area contributed by atoms with Gasteiger partial charge in [0, 0.05) is 5.92 Å². The van der Waals surface area contributed by atoms with E-state index < -0.39 is 11.4 Å². The van der Waals surface area contributed by atoms with E-state index in [0.717, 1.165) is 24.2 Å². The molecule has 1 heterocycles. The molecule has 0 spiro atoms. The van der Waals surface area contributed by atoms with Gasteiger partial charge in [0.1, 0.15) is 16.9 Å². The largest absolute Gasteiger partial charge is 0.511 e. The van der Waals surface area contributed by atoms with Gasteiger partial charge in [0.05, 0.1) is 6.10 Å². The summed E-state index contributed by atoms with van der Waals surface area (Å²) in [5.74, 6) is -0.546. The van der Waals surface area contributed by atoms with Crippen LogP contribution in [0.15, 0.2) is 22.7 Å². The molecule has 1 fully saturated rings. The maximum absolute atomic E-state index is 11.6. The molecule has 3 unspecified atom stereocenters. The third kappa shape index (κ3) is 1.55. The minimum Gasteiger partial charge on any atom is -0.511 e. The molecule has 0 radical (unpaired) electrons. The summed E-state index contributed by atoms with van der Waals surface area (Å²) in [6.45, 7) is 7.21. The van der Waals surface area contributed by atoms with Crippen LogP contribution in [0.4, 0.5) is 0 Å². The van der Waals surface area contributed by atoms with Crippen LogP contribution in [0.1, 0.15) is 40.5 Å². The van der Waals surface area contributed by atoms with Crippen molar-refractivity contribution in [3.8, 4) is 0 Å². The van der Waals surface area contributed by atoms with E-state index >= 15 is 0 Å². The van der Waals surface area contributed by atoms with Crippen molar-refractivity contribution in [2.75, 3.05) is 0 Å². The summed E-state index contributed by atoms with van der Waals surface area (Å²) >= 11 is 0. The van der Waals surface area contributed by atoms with Gasteiger partial charge < -0.3 is 14.9 Å². The summed E-state index contributed by atoms with van der Waals surface area (Å²) in [6, 6.07) is 0. The van der Waals surface area contributed by atoms with Crippen LogP contribution in [0.25, 0.3) is 0 Å². The fourth-order valence-electron chi connectivity index (χ4n) is 2.96. The third-order valence-corrected chi connectivity index (χ3v) is 4.43. The lowest BCUT2D eigenvalue weighted by Crippen LogP contribution is -2.45. The van der Waals surface area contributed by atoms with Gasteiger partial charge in [-0.15, -0.1) is 0 Å². The van der Waals surface area contributed by atoms with Gasteiger partial charge in [-0.2, -0.15) is 0 Å². The second-order valence-electron chi connectivity index (χ2n) is 5.53. The molecule has 1 saturated heterocycles. The topological polar surface area (TPSA) is 66.8 Å². The van der Waals surface area contributed by atoms with Crippen molar-refractivity contribution >= 4 is 5.97 Å². The molecule has 18 heavy (non-hydrogen) atoms. The molecule has 3 atom stereocenters. The lowest BCUT2D eigenvalue weighted by Gasteiger charge is -2.43. The number of hydrogen-bond acceptors (Lipinski definition) is 3. The predicted molar refractivity (Wildman–Crippen MR) is 67.0 cm³/mol. The Balaban J connectivity index is 2.59. The maximum Gasteiger partial charge on any atom is 0.317 e. The second-order valence-corrected chi connectivity index (χ2v) is 5.53. The van der Waals surface area contributed by atoms with Gasteiger partial charge in [-0.05, 0) is 51.7 Å². The van der Waals surface area contributed by atoms with E-state index in [1.54, 1.807) is 13.8 Å². The van der Waals surface area contributed by atoms with Gasteiger partial charge in [-0.25, -0.2) is 0 Å². The van der Waals surface area contributed by atoms with Crippen molar-refractivity contribution < 1.29 is 19.7 Å². The molecule has 100 valence electrons. The first-order chi connectivity index (χ1) is 8.30. The van der Waals surface area contributed by atoms with Crippen molar-refractivity contribution in [1.29, 1.82) is 0 Å². The molecule has 4 heteroatoms. The molecule has 2 rings (SSSR count). The fraction of sp³-hybridized carbons (Fsp3) is 0.643. The molecule has 0 bridgehead atoms. The van der Waals surface area contributed by atoms with Crippen LogP contribution in [0.2, 0.25) is 0 Å². The molecule has 2 aliphatic rings. The van der Waals surface area contributed by atoms with Crippen molar-refractivity contribution in [2.45, 2.75) is 46.6 Å². The molecule has 0 amide bonds. The number of allylic oxidation sites excluding steroid dienone is 3. The van der Waals surface area contributed by atoms with Crippen LogP contribution in [0.5, 0.6) is 0 Å². The summed E-state index contributed by atoms with van der Waals surface area (Å²) in [7, 11) is 0. The van der Waals surface area contributed by atoms with E-state index in [1.807, 2.05) is 13.8 Å². The van der Waals surface area contributed by atoms with Crippen molar-refractivity contribution in [2.24, 2.45) is 11.3 Å². The Bertz CT molecular complexity index is 460. The fourth-order valence-corrected chi connectivity index (χ4v) is 2.96. The molecule has 0 aromatic carbocycles. The summed E-state index contributed by atoms with van der Waals surface area (Å²) in [6.07, 6.45) is 1.65. The first kappa shape index (κ1) is 13.0. The predicted octanol–water partition coefficient (Wildman–Crippen LogP) is 3.01. The SMILES string of the molecule is CC1=C2OC(C)CCC2C(C)(C(=O)O)C(O)=C1C. The zero-order valence-electron chi connectivity index (χ0n) is 11.3. The van der Waals surface area contributed by atoms with E-state index in [1.165, 1.54) is 0 Å². The average molecular weight is 252 g/mol. The van der Waals surface area contributed by atoms with Crippen LogP contribution >= 0.6 is 0 Å². The van der Waals surface area contributed by atoms with Crippen molar-refractivity contribution in [3.63, 3.8) is 0 Å². The second kappa shape index (κ2) is 4.04. The summed E-state index contributed by atoms with van der Waals surface area (Å²) in [5.41, 5.74) is 0.238. The summed E-state index contributed by atoms with van der Waals surface area (Å²) < 4.78 is 5.84. The van der Waals surface area contributed by atoms with Gasteiger partial charge in [-0.1, -0.05) is 0 Å². The normalized spacial score (nSPS) is 36.2. The van der Waals surface area contributed by atoms with Crippen LogP contribution in [-0.2, 0) is 9.53 Å². The number of fused-ring (bicyclic) bond motifs is 1. The molecular formula is C14H20O4. The Morgan fingerprint density at radius 1 is 1.33 bits per heavy atom. The lowest BCUT2D eigenvalue weighted by atomic mass is 9.65. The number of carbonyl (C=O) groups is 1. The maximum atomic E-state index is 11.6. The highest BCUT2D eigenvalue weighted by atomic mass is 16.5. The standard InChI is InChI=1S/C14H20O4/c1-7-5-6-10-11(18-7)8(2)9(3)12(15)14(10,4)13(16)17/h7,10,15H,5-6H2,1-4H3,(H,16,17). The monoisotopic (exact) mass is 252 g/mol. The molecule has 1 aliphatic heterocycles. The average Bonchev–Trinajstić information content (AvgIpc) is 2.33. The smallest absolute Gasteiger partial charge is 0.317 e. The minimum atomic E-state index is -1.26. The third-order valence-electron chi connectivity index (χ3n) is 4.43. The van der Waals surface area contributed by atoms with Gasteiger partial charge in [0.2, 0.25) is 0 Å². The van der Waals surface area contributed by atoms with Crippen LogP contribution in [0.3, 0.4) is 0 Å². The van der Waals surface area contributed by atoms with E-state index in [2.05, 4.69) is 0 Å². The Hall–Kier alpha value is -1.45. The van der Waals surface area contributed by atoms with E-state index in [0.29, 0.717) is 5.57 Å². The first-order valence-electron chi connectivity index (χ1n) is 6.31. The minimum absolute atomic E-state index is 0.0283. The highest BCUT2D eigenvalue weighted by Gasteiger charge is 2.52. The van der Waals surface area contributed by atoms with Crippen LogP contribution in [-0.4, -0.2) is 22.3 Å². The van der Waals surface area contributed by atoms with E-state index in [9.17, 15) is 15.0 Å². The van der Waals surface area contributed by atoms with Crippen LogP contribution in [0, 0.1) is 11.3 Å². The molecule has 0 aromatic rings. The lowest BCUT2D eigenvalue weighted by molar-refractivity contribution is -0.152. The zero-order valence-corrected chi connectivity index (χ0v) is 11.3. The zero-order chi connectivity index (χ0) is 13.7. The summed E-state index contributed by atoms with van der Waals surface area (Å²) in [4.78, 5) is 11.6. The Morgan fingerprint density at radius 2 is 1.94 bits per heavy atom. The Labute approximate surface area is 107 Å².